The lowest BCUT2D eigenvalue weighted by Crippen LogP contribution is -2.47. The minimum atomic E-state index is 0.00627. The number of carbonyl (C=O) groups is 1. The molecule has 1 N–H and O–H groups in total. The Kier molecular flexibility index (Phi) is 5.24. The number of hydrogen-bond donors (Lipinski definition) is 1. The molecule has 7 heteroatoms. The Labute approximate surface area is 153 Å². The molecule has 0 bridgehead atoms. The lowest BCUT2D eigenvalue weighted by Gasteiger charge is -2.32. The molecule has 2 amide bonds. The molecule has 2 aliphatic heterocycles. The molecule has 1 aromatic heterocycles. The maximum absolute atomic E-state index is 12.3. The lowest BCUT2D eigenvalue weighted by atomic mass is 9.97. The first-order valence-electron chi connectivity index (χ1n) is 9.93. The Morgan fingerprint density at radius 3 is 2.85 bits per heavy atom. The first-order chi connectivity index (χ1) is 12.7. The molecule has 142 valence electrons. The van der Waals surface area contributed by atoms with Gasteiger partial charge in [-0.2, -0.15) is 5.10 Å². The third kappa shape index (κ3) is 3.92. The molecule has 7 nitrogen and oxygen atoms in total. The highest BCUT2D eigenvalue weighted by Gasteiger charge is 2.25. The van der Waals surface area contributed by atoms with E-state index < -0.39 is 0 Å². The van der Waals surface area contributed by atoms with Crippen molar-refractivity contribution in [3.05, 3.63) is 27.7 Å². The number of urea groups is 1. The van der Waals surface area contributed by atoms with Crippen LogP contribution in [0.25, 0.3) is 0 Å². The molecule has 1 unspecified atom stereocenters. The molecule has 26 heavy (non-hydrogen) atoms. The van der Waals surface area contributed by atoms with Crippen molar-refractivity contribution in [2.24, 2.45) is 5.92 Å². The molecular weight excluding hydrogens is 332 g/mol. The Morgan fingerprint density at radius 1 is 1.23 bits per heavy atom. The van der Waals surface area contributed by atoms with Crippen molar-refractivity contribution in [1.82, 2.24) is 20.0 Å². The summed E-state index contributed by atoms with van der Waals surface area (Å²) < 4.78 is 7.19. The van der Waals surface area contributed by atoms with E-state index in [-0.39, 0.29) is 17.7 Å². The first kappa shape index (κ1) is 17.5. The summed E-state index contributed by atoms with van der Waals surface area (Å²) in [6.07, 6.45) is 7.20. The molecular formula is C19H28N4O3. The van der Waals surface area contributed by atoms with E-state index in [1.54, 1.807) is 10.7 Å². The molecule has 0 saturated carbocycles. The van der Waals surface area contributed by atoms with Gasteiger partial charge < -0.3 is 15.0 Å². The highest BCUT2D eigenvalue weighted by molar-refractivity contribution is 5.74. The number of ether oxygens (including phenoxy) is 1. The summed E-state index contributed by atoms with van der Waals surface area (Å²) in [5.41, 5.74) is 2.24. The van der Waals surface area contributed by atoms with Crippen LogP contribution >= 0.6 is 0 Å². The summed E-state index contributed by atoms with van der Waals surface area (Å²) in [7, 11) is 0. The highest BCUT2D eigenvalue weighted by atomic mass is 16.5. The molecule has 1 atom stereocenters. The molecule has 3 aliphatic rings. The molecule has 1 aliphatic carbocycles. The minimum Gasteiger partial charge on any atom is -0.376 e. The summed E-state index contributed by atoms with van der Waals surface area (Å²) in [6, 6.07) is 1.77. The van der Waals surface area contributed by atoms with Gasteiger partial charge in [-0.3, -0.25) is 4.79 Å². The largest absolute Gasteiger partial charge is 0.376 e. The van der Waals surface area contributed by atoms with E-state index in [0.717, 1.165) is 75.9 Å². The summed E-state index contributed by atoms with van der Waals surface area (Å²) in [5, 5.41) is 7.56. The number of amides is 2. The van der Waals surface area contributed by atoms with Gasteiger partial charge in [-0.25, -0.2) is 9.48 Å². The standard InChI is InChI=1S/C19H28N4O3/c24-18-11-15-3-1-5-17(15)21-23(18)13-14-6-8-22(9-7-14)19(25)20-12-16-4-2-10-26-16/h11,14,16H,1-10,12-13H2,(H,20,25). The Hall–Kier alpha value is -1.89. The number of carbonyl (C=O) groups excluding carboxylic acids is 1. The van der Waals surface area contributed by atoms with Gasteiger partial charge in [0.2, 0.25) is 0 Å². The zero-order valence-corrected chi connectivity index (χ0v) is 15.3. The van der Waals surface area contributed by atoms with Gasteiger partial charge in [0, 0.05) is 38.9 Å². The maximum Gasteiger partial charge on any atom is 0.317 e. The van der Waals surface area contributed by atoms with Crippen LogP contribution in [0.5, 0.6) is 0 Å². The van der Waals surface area contributed by atoms with E-state index in [2.05, 4.69) is 10.4 Å². The second-order valence-electron chi connectivity index (χ2n) is 7.74. The molecule has 4 rings (SSSR count). The van der Waals surface area contributed by atoms with E-state index in [0.29, 0.717) is 19.0 Å². The smallest absolute Gasteiger partial charge is 0.317 e. The normalized spacial score (nSPS) is 23.2. The highest BCUT2D eigenvalue weighted by Crippen LogP contribution is 2.20. The fourth-order valence-electron chi connectivity index (χ4n) is 4.25. The van der Waals surface area contributed by atoms with E-state index >= 15 is 0 Å². The molecule has 3 heterocycles. The van der Waals surface area contributed by atoms with Gasteiger partial charge in [-0.1, -0.05) is 0 Å². The number of piperidine rings is 1. The molecule has 0 aromatic carbocycles. The fraction of sp³-hybridized carbons (Fsp3) is 0.737. The van der Waals surface area contributed by atoms with Crippen molar-refractivity contribution >= 4 is 6.03 Å². The molecule has 2 saturated heterocycles. The Morgan fingerprint density at radius 2 is 2.08 bits per heavy atom. The maximum atomic E-state index is 12.3. The number of likely N-dealkylation sites (tertiary alicyclic amines) is 1. The zero-order chi connectivity index (χ0) is 17.9. The SMILES string of the molecule is O=C(NCC1CCCO1)N1CCC(Cn2nc3c(cc2=O)CCC3)CC1. The van der Waals surface area contributed by atoms with Gasteiger partial charge in [0.15, 0.2) is 0 Å². The van der Waals surface area contributed by atoms with E-state index in [9.17, 15) is 9.59 Å². The van der Waals surface area contributed by atoms with Crippen LogP contribution in [0.15, 0.2) is 10.9 Å². The third-order valence-corrected chi connectivity index (χ3v) is 5.86. The number of rotatable bonds is 4. The summed E-state index contributed by atoms with van der Waals surface area (Å²) in [4.78, 5) is 26.4. The Balaban J connectivity index is 1.26. The van der Waals surface area contributed by atoms with Crippen LogP contribution < -0.4 is 10.9 Å². The van der Waals surface area contributed by atoms with Crippen LogP contribution in [0.3, 0.4) is 0 Å². The molecule has 0 radical (unpaired) electrons. The van der Waals surface area contributed by atoms with Gasteiger partial charge in [-0.15, -0.1) is 0 Å². The molecule has 0 spiro atoms. The summed E-state index contributed by atoms with van der Waals surface area (Å²) in [6.45, 7) is 3.55. The zero-order valence-electron chi connectivity index (χ0n) is 15.3. The van der Waals surface area contributed by atoms with Gasteiger partial charge in [0.1, 0.15) is 0 Å². The van der Waals surface area contributed by atoms with Crippen LogP contribution in [0.2, 0.25) is 0 Å². The first-order valence-corrected chi connectivity index (χ1v) is 9.93. The number of fused-ring (bicyclic) bond motifs is 1. The van der Waals surface area contributed by atoms with Crippen molar-refractivity contribution in [1.29, 1.82) is 0 Å². The van der Waals surface area contributed by atoms with Gasteiger partial charge in [0.25, 0.3) is 5.56 Å². The molecule has 2 fully saturated rings. The van der Waals surface area contributed by atoms with Crippen LogP contribution in [-0.2, 0) is 24.1 Å². The number of aromatic nitrogens is 2. The van der Waals surface area contributed by atoms with E-state index in [1.165, 1.54) is 0 Å². The second kappa shape index (κ2) is 7.78. The predicted octanol–water partition coefficient (Wildman–Crippen LogP) is 1.33. The predicted molar refractivity (Wildman–Crippen MR) is 97.2 cm³/mol. The fourth-order valence-corrected chi connectivity index (χ4v) is 4.25. The number of aryl methyl sites for hydroxylation is 2. The van der Waals surface area contributed by atoms with Crippen molar-refractivity contribution in [2.45, 2.75) is 57.6 Å². The monoisotopic (exact) mass is 360 g/mol. The van der Waals surface area contributed by atoms with Gasteiger partial charge in [0.05, 0.1) is 11.8 Å². The second-order valence-corrected chi connectivity index (χ2v) is 7.74. The number of nitrogens with zero attached hydrogens (tertiary/aromatic N) is 3. The van der Waals surface area contributed by atoms with Crippen molar-refractivity contribution < 1.29 is 9.53 Å². The van der Waals surface area contributed by atoms with Crippen molar-refractivity contribution in [2.75, 3.05) is 26.2 Å². The third-order valence-electron chi connectivity index (χ3n) is 5.86. The number of hydrogen-bond acceptors (Lipinski definition) is 4. The van der Waals surface area contributed by atoms with Crippen molar-refractivity contribution in [3.8, 4) is 0 Å². The summed E-state index contributed by atoms with van der Waals surface area (Å²) in [5.74, 6) is 0.405. The van der Waals surface area contributed by atoms with Crippen LogP contribution in [0, 0.1) is 5.92 Å². The summed E-state index contributed by atoms with van der Waals surface area (Å²) >= 11 is 0. The van der Waals surface area contributed by atoms with Crippen LogP contribution in [0.4, 0.5) is 4.79 Å². The van der Waals surface area contributed by atoms with Crippen molar-refractivity contribution in [3.63, 3.8) is 0 Å². The van der Waals surface area contributed by atoms with Crippen LogP contribution in [0.1, 0.15) is 43.4 Å². The Bertz CT molecular complexity index is 703. The average molecular weight is 360 g/mol. The minimum absolute atomic E-state index is 0.00627. The topological polar surface area (TPSA) is 76.5 Å². The molecule has 1 aromatic rings. The van der Waals surface area contributed by atoms with E-state index in [1.807, 2.05) is 4.90 Å². The quantitative estimate of drug-likeness (QED) is 0.879. The van der Waals surface area contributed by atoms with Gasteiger partial charge in [-0.05, 0) is 56.4 Å². The lowest BCUT2D eigenvalue weighted by molar-refractivity contribution is 0.107. The van der Waals surface area contributed by atoms with E-state index in [4.69, 9.17) is 4.74 Å². The number of nitrogens with one attached hydrogen (secondary N) is 1. The average Bonchev–Trinajstić information content (AvgIpc) is 3.32. The van der Waals surface area contributed by atoms with Gasteiger partial charge >= 0.3 is 6.03 Å². The van der Waals surface area contributed by atoms with Crippen LogP contribution in [-0.4, -0.2) is 53.1 Å².